The van der Waals surface area contributed by atoms with Gasteiger partial charge in [-0.15, -0.1) is 0 Å². The average Bonchev–Trinajstić information content (AvgIpc) is 3.16. The van der Waals surface area contributed by atoms with Gasteiger partial charge in [-0.25, -0.2) is 9.37 Å². The first kappa shape index (κ1) is 18.7. The number of imidazole rings is 1. The quantitative estimate of drug-likeness (QED) is 0.535. The van der Waals surface area contributed by atoms with Crippen molar-refractivity contribution in [1.29, 1.82) is 0 Å². The van der Waals surface area contributed by atoms with Gasteiger partial charge in [-0.05, 0) is 48.9 Å². The van der Waals surface area contributed by atoms with Crippen molar-refractivity contribution in [2.75, 3.05) is 0 Å². The van der Waals surface area contributed by atoms with Crippen LogP contribution in [0.1, 0.15) is 27.2 Å². The third kappa shape index (κ3) is 4.27. The van der Waals surface area contributed by atoms with Gasteiger partial charge in [-0.2, -0.15) is 0 Å². The van der Waals surface area contributed by atoms with Crippen molar-refractivity contribution >= 4 is 11.6 Å². The van der Waals surface area contributed by atoms with Crippen molar-refractivity contribution in [1.82, 2.24) is 14.7 Å². The van der Waals surface area contributed by atoms with Gasteiger partial charge >= 0.3 is 0 Å². The van der Waals surface area contributed by atoms with Crippen LogP contribution in [0.2, 0.25) is 0 Å². The number of amides is 1. The second-order valence-corrected chi connectivity index (χ2v) is 6.74. The minimum absolute atomic E-state index is 0.136. The lowest BCUT2D eigenvalue weighted by Gasteiger charge is -2.08. The molecule has 6 heteroatoms. The Balaban J connectivity index is 1.35. The zero-order valence-electron chi connectivity index (χ0n) is 15.9. The molecule has 29 heavy (non-hydrogen) atoms. The first-order valence-electron chi connectivity index (χ1n) is 9.28. The highest BCUT2D eigenvalue weighted by Gasteiger charge is 2.08. The molecule has 0 saturated carbocycles. The summed E-state index contributed by atoms with van der Waals surface area (Å²) in [7, 11) is 0. The van der Waals surface area contributed by atoms with Crippen molar-refractivity contribution in [2.24, 2.45) is 0 Å². The zero-order chi connectivity index (χ0) is 20.2. The van der Waals surface area contributed by atoms with Gasteiger partial charge in [0.25, 0.3) is 5.91 Å². The molecule has 5 nitrogen and oxygen atoms in total. The molecule has 1 amide bonds. The van der Waals surface area contributed by atoms with Crippen LogP contribution in [0.5, 0.6) is 5.75 Å². The van der Waals surface area contributed by atoms with Crippen LogP contribution in [0.25, 0.3) is 5.65 Å². The number of fused-ring (bicyclic) bond motifs is 1. The molecule has 0 radical (unpaired) electrons. The highest BCUT2D eigenvalue weighted by atomic mass is 19.1. The summed E-state index contributed by atoms with van der Waals surface area (Å²) in [6.07, 6.45) is 3.89. The number of aryl methyl sites for hydroxylation is 1. The summed E-state index contributed by atoms with van der Waals surface area (Å²) in [5, 5.41) is 2.72. The van der Waals surface area contributed by atoms with Crippen molar-refractivity contribution in [3.63, 3.8) is 0 Å². The number of benzene rings is 2. The first-order valence-corrected chi connectivity index (χ1v) is 9.28. The molecule has 1 N–H and O–H groups in total. The molecule has 2 aromatic heterocycles. The Hall–Kier alpha value is -3.67. The maximum atomic E-state index is 13.6. The van der Waals surface area contributed by atoms with Crippen LogP contribution < -0.4 is 10.1 Å². The molecule has 0 fully saturated rings. The fourth-order valence-corrected chi connectivity index (χ4v) is 3.05. The minimum atomic E-state index is -0.335. The molecule has 2 heterocycles. The summed E-state index contributed by atoms with van der Waals surface area (Å²) in [6, 6.07) is 17.2. The van der Waals surface area contributed by atoms with E-state index in [0.717, 1.165) is 16.9 Å². The molecule has 0 unspecified atom stereocenters. The maximum absolute atomic E-state index is 13.6. The van der Waals surface area contributed by atoms with Gasteiger partial charge in [0, 0.05) is 30.1 Å². The smallest absolute Gasteiger partial charge is 0.251 e. The number of halogens is 1. The second kappa shape index (κ2) is 8.14. The van der Waals surface area contributed by atoms with E-state index in [9.17, 15) is 9.18 Å². The van der Waals surface area contributed by atoms with Crippen molar-refractivity contribution in [3.05, 3.63) is 101 Å². The summed E-state index contributed by atoms with van der Waals surface area (Å²) in [4.78, 5) is 16.8. The van der Waals surface area contributed by atoms with Crippen molar-refractivity contribution in [3.8, 4) is 5.75 Å². The largest absolute Gasteiger partial charge is 0.487 e. The Bertz CT molecular complexity index is 1150. The highest BCUT2D eigenvalue weighted by Crippen LogP contribution is 2.16. The van der Waals surface area contributed by atoms with Gasteiger partial charge in [0.15, 0.2) is 0 Å². The fraction of sp³-hybridized carbons (Fsp3) is 0.130. The van der Waals surface area contributed by atoms with Crippen LogP contribution in [0.4, 0.5) is 4.39 Å². The van der Waals surface area contributed by atoms with E-state index in [2.05, 4.69) is 10.3 Å². The maximum Gasteiger partial charge on any atom is 0.251 e. The lowest BCUT2D eigenvalue weighted by molar-refractivity contribution is 0.0950. The van der Waals surface area contributed by atoms with Crippen molar-refractivity contribution in [2.45, 2.75) is 20.1 Å². The lowest BCUT2D eigenvalue weighted by Crippen LogP contribution is -2.23. The van der Waals surface area contributed by atoms with Crippen LogP contribution in [-0.4, -0.2) is 15.3 Å². The van der Waals surface area contributed by atoms with E-state index >= 15 is 0 Å². The molecule has 0 aliphatic heterocycles. The number of ether oxygens (including phenoxy) is 1. The van der Waals surface area contributed by atoms with Crippen LogP contribution in [0.3, 0.4) is 0 Å². The van der Waals surface area contributed by atoms with Crippen LogP contribution >= 0.6 is 0 Å². The number of rotatable bonds is 6. The molecule has 0 bridgehead atoms. The summed E-state index contributed by atoms with van der Waals surface area (Å²) in [5.41, 5.74) is 3.77. The Labute approximate surface area is 167 Å². The molecule has 146 valence electrons. The molecule has 4 aromatic rings. The summed E-state index contributed by atoms with van der Waals surface area (Å²) < 4.78 is 21.4. The average molecular weight is 389 g/mol. The summed E-state index contributed by atoms with van der Waals surface area (Å²) >= 11 is 0. The molecule has 2 aromatic carbocycles. The van der Waals surface area contributed by atoms with E-state index in [1.54, 1.807) is 42.5 Å². The topological polar surface area (TPSA) is 55.6 Å². The molecule has 0 saturated heterocycles. The summed E-state index contributed by atoms with van der Waals surface area (Å²) in [5.74, 6) is 0.0405. The Morgan fingerprint density at radius 1 is 1.10 bits per heavy atom. The number of hydrogen-bond acceptors (Lipinski definition) is 3. The van der Waals surface area contributed by atoms with E-state index in [-0.39, 0.29) is 18.3 Å². The monoisotopic (exact) mass is 389 g/mol. The standard InChI is InChI=1S/C23H20FN3O2/c1-16-5-4-12-27-14-19(26-22(16)27)15-29-20-10-8-17(9-11-20)23(28)25-13-18-6-2-3-7-21(18)24/h2-12,14H,13,15H2,1H3,(H,25,28). The van der Waals surface area contributed by atoms with Gasteiger partial charge in [-0.3, -0.25) is 4.79 Å². The molecular weight excluding hydrogens is 369 g/mol. The van der Waals surface area contributed by atoms with E-state index in [0.29, 0.717) is 23.5 Å². The van der Waals surface area contributed by atoms with E-state index in [4.69, 9.17) is 4.74 Å². The molecule has 0 spiro atoms. The van der Waals surface area contributed by atoms with Gasteiger partial charge in [0.1, 0.15) is 23.8 Å². The number of pyridine rings is 1. The van der Waals surface area contributed by atoms with Crippen LogP contribution in [-0.2, 0) is 13.2 Å². The SMILES string of the molecule is Cc1cccn2cc(COc3ccc(C(=O)NCc4ccccc4F)cc3)nc12. The van der Waals surface area contributed by atoms with E-state index in [1.807, 2.05) is 35.9 Å². The number of aromatic nitrogens is 2. The number of nitrogens with one attached hydrogen (secondary N) is 1. The van der Waals surface area contributed by atoms with Gasteiger partial charge in [0.05, 0.1) is 5.69 Å². The number of hydrogen-bond donors (Lipinski definition) is 1. The predicted octanol–water partition coefficient (Wildman–Crippen LogP) is 4.29. The Morgan fingerprint density at radius 2 is 1.90 bits per heavy atom. The van der Waals surface area contributed by atoms with E-state index < -0.39 is 0 Å². The number of nitrogens with zero attached hydrogens (tertiary/aromatic N) is 2. The van der Waals surface area contributed by atoms with Crippen LogP contribution in [0, 0.1) is 12.7 Å². The normalized spacial score (nSPS) is 10.8. The van der Waals surface area contributed by atoms with Gasteiger partial charge in [-0.1, -0.05) is 24.3 Å². The third-order valence-electron chi connectivity index (χ3n) is 4.63. The van der Waals surface area contributed by atoms with Crippen LogP contribution in [0.15, 0.2) is 73.1 Å². The molecule has 4 rings (SSSR count). The van der Waals surface area contributed by atoms with Gasteiger partial charge in [0.2, 0.25) is 0 Å². The minimum Gasteiger partial charge on any atom is -0.487 e. The Morgan fingerprint density at radius 3 is 2.66 bits per heavy atom. The predicted molar refractivity (Wildman–Crippen MR) is 108 cm³/mol. The molecule has 0 aliphatic carbocycles. The highest BCUT2D eigenvalue weighted by molar-refractivity contribution is 5.94. The summed E-state index contributed by atoms with van der Waals surface area (Å²) in [6.45, 7) is 2.49. The van der Waals surface area contributed by atoms with E-state index in [1.165, 1.54) is 6.07 Å². The lowest BCUT2D eigenvalue weighted by atomic mass is 10.2. The Kier molecular flexibility index (Phi) is 5.24. The number of carbonyl (C=O) groups is 1. The second-order valence-electron chi connectivity index (χ2n) is 6.74. The molecule has 0 aliphatic rings. The molecule has 0 atom stereocenters. The first-order chi connectivity index (χ1) is 14.1. The third-order valence-corrected chi connectivity index (χ3v) is 4.63. The van der Waals surface area contributed by atoms with Crippen molar-refractivity contribution < 1.29 is 13.9 Å². The zero-order valence-corrected chi connectivity index (χ0v) is 15.9. The fourth-order valence-electron chi connectivity index (χ4n) is 3.05. The molecular formula is C23H20FN3O2. The number of carbonyl (C=O) groups excluding carboxylic acids is 1. The van der Waals surface area contributed by atoms with Gasteiger partial charge < -0.3 is 14.5 Å².